The summed E-state index contributed by atoms with van der Waals surface area (Å²) in [7, 11) is 0. The van der Waals surface area contributed by atoms with E-state index in [4.69, 9.17) is 4.74 Å². The zero-order valence-corrected chi connectivity index (χ0v) is 7.47. The monoisotopic (exact) mass is 162 g/mol. The Morgan fingerprint density at radius 1 is 1.17 bits per heavy atom. The second-order valence-electron chi connectivity index (χ2n) is 2.76. The van der Waals surface area contributed by atoms with Gasteiger partial charge in [0.2, 0.25) is 0 Å². The maximum Gasteiger partial charge on any atom is 0.0725 e. The molecule has 12 heavy (non-hydrogen) atoms. The molecule has 0 radical (unpaired) electrons. The molecule has 0 aromatic heterocycles. The van der Waals surface area contributed by atoms with Crippen LogP contribution in [-0.2, 0) is 18.0 Å². The van der Waals surface area contributed by atoms with E-state index in [-0.39, 0.29) is 0 Å². The summed E-state index contributed by atoms with van der Waals surface area (Å²) in [5.74, 6) is 0. The van der Waals surface area contributed by atoms with Crippen LogP contribution in [0.4, 0.5) is 0 Å². The molecule has 1 aromatic rings. The molecule has 0 fully saturated rings. The van der Waals surface area contributed by atoms with Crippen molar-refractivity contribution in [2.75, 3.05) is 0 Å². The molecule has 1 aliphatic heterocycles. The molecule has 1 aliphatic rings. The van der Waals surface area contributed by atoms with E-state index in [9.17, 15) is 0 Å². The molecule has 0 atom stereocenters. The van der Waals surface area contributed by atoms with Gasteiger partial charge in [-0.25, -0.2) is 0 Å². The van der Waals surface area contributed by atoms with Gasteiger partial charge in [0.15, 0.2) is 0 Å². The third kappa shape index (κ3) is 1.74. The third-order valence-electron chi connectivity index (χ3n) is 1.88. The van der Waals surface area contributed by atoms with Crippen LogP contribution in [0.3, 0.4) is 0 Å². The fourth-order valence-electron chi connectivity index (χ4n) is 1.30. The average Bonchev–Trinajstić information content (AvgIpc) is 2.54. The fourth-order valence-corrected chi connectivity index (χ4v) is 1.30. The molecular weight excluding hydrogens is 148 g/mol. The van der Waals surface area contributed by atoms with Crippen molar-refractivity contribution in [3.05, 3.63) is 48.0 Å². The van der Waals surface area contributed by atoms with E-state index in [2.05, 4.69) is 38.3 Å². The molecule has 0 aliphatic carbocycles. The molecule has 1 heterocycles. The first kappa shape index (κ1) is 9.01. The van der Waals surface area contributed by atoms with Crippen molar-refractivity contribution >= 4 is 0 Å². The maximum absolute atomic E-state index is 5.27. The Labute approximate surface area is 73.7 Å². The topological polar surface area (TPSA) is 9.23 Å². The molecule has 1 nitrogen and oxygen atoms in total. The van der Waals surface area contributed by atoms with Gasteiger partial charge in [-0.05, 0) is 18.1 Å². The van der Waals surface area contributed by atoms with Gasteiger partial charge in [-0.2, -0.15) is 0 Å². The van der Waals surface area contributed by atoms with Gasteiger partial charge in [0.25, 0.3) is 0 Å². The van der Waals surface area contributed by atoms with Crippen molar-refractivity contribution in [3.8, 4) is 0 Å². The highest BCUT2D eigenvalue weighted by molar-refractivity contribution is 5.32. The smallest absolute Gasteiger partial charge is 0.0725 e. The zero-order chi connectivity index (χ0) is 8.97. The van der Waals surface area contributed by atoms with Crippen LogP contribution < -0.4 is 0 Å². The van der Waals surface area contributed by atoms with Crippen molar-refractivity contribution in [1.29, 1.82) is 0 Å². The van der Waals surface area contributed by atoms with Crippen molar-refractivity contribution < 1.29 is 4.74 Å². The predicted octanol–water partition coefficient (Wildman–Crippen LogP) is 2.83. The normalized spacial score (nSPS) is 13.1. The van der Waals surface area contributed by atoms with Gasteiger partial charge in [-0.1, -0.05) is 23.8 Å². The largest absolute Gasteiger partial charge is 0.372 e. The van der Waals surface area contributed by atoms with Gasteiger partial charge in [0.05, 0.1) is 13.2 Å². The van der Waals surface area contributed by atoms with E-state index in [0.717, 1.165) is 13.2 Å². The van der Waals surface area contributed by atoms with Crippen molar-refractivity contribution in [1.82, 2.24) is 0 Å². The second kappa shape index (κ2) is 4.07. The SMILES string of the molecule is C=C.Cc1ccc2c(c1)COC2. The summed E-state index contributed by atoms with van der Waals surface area (Å²) < 4.78 is 5.27. The molecule has 1 heteroatoms. The quantitative estimate of drug-likeness (QED) is 0.533. The number of hydrogen-bond donors (Lipinski definition) is 0. The predicted molar refractivity (Wildman–Crippen MR) is 50.9 cm³/mol. The maximum atomic E-state index is 5.27. The Hall–Kier alpha value is -1.08. The standard InChI is InChI=1S/C9H10O.C2H4/c1-7-2-3-8-5-10-6-9(8)4-7;1-2/h2-4H,5-6H2,1H3;1-2H2. The summed E-state index contributed by atoms with van der Waals surface area (Å²) in [6, 6.07) is 6.48. The Morgan fingerprint density at radius 3 is 2.58 bits per heavy atom. The first-order valence-electron chi connectivity index (χ1n) is 4.02. The van der Waals surface area contributed by atoms with E-state index in [1.54, 1.807) is 0 Å². The molecule has 0 saturated heterocycles. The first-order chi connectivity index (χ1) is 5.86. The zero-order valence-electron chi connectivity index (χ0n) is 7.47. The Bertz CT molecular complexity index is 266. The minimum atomic E-state index is 0.801. The summed E-state index contributed by atoms with van der Waals surface area (Å²) in [6.45, 7) is 9.71. The minimum Gasteiger partial charge on any atom is -0.372 e. The van der Waals surface area contributed by atoms with Gasteiger partial charge >= 0.3 is 0 Å². The fraction of sp³-hybridized carbons (Fsp3) is 0.273. The Balaban J connectivity index is 0.000000336. The minimum absolute atomic E-state index is 0.801. The number of rotatable bonds is 0. The molecule has 0 unspecified atom stereocenters. The molecular formula is C11H14O. The lowest BCUT2D eigenvalue weighted by atomic mass is 10.1. The number of benzene rings is 1. The van der Waals surface area contributed by atoms with Crippen molar-refractivity contribution in [2.24, 2.45) is 0 Å². The lowest BCUT2D eigenvalue weighted by Crippen LogP contribution is -1.81. The highest BCUT2D eigenvalue weighted by atomic mass is 16.5. The van der Waals surface area contributed by atoms with Gasteiger partial charge in [-0.15, -0.1) is 13.2 Å². The number of fused-ring (bicyclic) bond motifs is 1. The lowest BCUT2D eigenvalue weighted by Gasteiger charge is -1.95. The molecule has 0 amide bonds. The number of ether oxygens (including phenoxy) is 1. The first-order valence-corrected chi connectivity index (χ1v) is 4.02. The number of aryl methyl sites for hydroxylation is 1. The van der Waals surface area contributed by atoms with Gasteiger partial charge < -0.3 is 4.74 Å². The van der Waals surface area contributed by atoms with Crippen LogP contribution in [-0.4, -0.2) is 0 Å². The summed E-state index contributed by atoms with van der Waals surface area (Å²) in [5.41, 5.74) is 4.04. The highest BCUT2D eigenvalue weighted by Crippen LogP contribution is 2.19. The molecule has 2 rings (SSSR count). The van der Waals surface area contributed by atoms with Crippen LogP contribution in [0.25, 0.3) is 0 Å². The van der Waals surface area contributed by atoms with Crippen LogP contribution in [0.1, 0.15) is 16.7 Å². The van der Waals surface area contributed by atoms with Crippen molar-refractivity contribution in [3.63, 3.8) is 0 Å². The van der Waals surface area contributed by atoms with Crippen LogP contribution >= 0.6 is 0 Å². The van der Waals surface area contributed by atoms with E-state index in [0.29, 0.717) is 0 Å². The molecule has 0 saturated carbocycles. The van der Waals surface area contributed by atoms with Gasteiger partial charge in [0.1, 0.15) is 0 Å². The van der Waals surface area contributed by atoms with Gasteiger partial charge in [0, 0.05) is 0 Å². The second-order valence-corrected chi connectivity index (χ2v) is 2.76. The van der Waals surface area contributed by atoms with E-state index < -0.39 is 0 Å². The average molecular weight is 162 g/mol. The molecule has 0 spiro atoms. The van der Waals surface area contributed by atoms with Crippen LogP contribution in [0.5, 0.6) is 0 Å². The van der Waals surface area contributed by atoms with E-state index in [1.807, 2.05) is 0 Å². The van der Waals surface area contributed by atoms with Crippen LogP contribution in [0, 0.1) is 6.92 Å². The summed E-state index contributed by atoms with van der Waals surface area (Å²) in [6.07, 6.45) is 0. The highest BCUT2D eigenvalue weighted by Gasteiger charge is 2.09. The molecule has 0 N–H and O–H groups in total. The Morgan fingerprint density at radius 2 is 1.83 bits per heavy atom. The molecule has 1 aromatic carbocycles. The summed E-state index contributed by atoms with van der Waals surface area (Å²) in [4.78, 5) is 0. The summed E-state index contributed by atoms with van der Waals surface area (Å²) >= 11 is 0. The third-order valence-corrected chi connectivity index (χ3v) is 1.88. The molecule has 0 bridgehead atoms. The lowest BCUT2D eigenvalue weighted by molar-refractivity contribution is 0.134. The summed E-state index contributed by atoms with van der Waals surface area (Å²) in [5, 5.41) is 0. The van der Waals surface area contributed by atoms with E-state index in [1.165, 1.54) is 16.7 Å². The molecule has 64 valence electrons. The van der Waals surface area contributed by atoms with Crippen LogP contribution in [0.15, 0.2) is 31.4 Å². The van der Waals surface area contributed by atoms with E-state index >= 15 is 0 Å². The van der Waals surface area contributed by atoms with Crippen LogP contribution in [0.2, 0.25) is 0 Å². The van der Waals surface area contributed by atoms with Gasteiger partial charge in [-0.3, -0.25) is 0 Å². The van der Waals surface area contributed by atoms with Crippen molar-refractivity contribution in [2.45, 2.75) is 20.1 Å². The Kier molecular flexibility index (Phi) is 3.06. The number of hydrogen-bond acceptors (Lipinski definition) is 1.